The van der Waals surface area contributed by atoms with Gasteiger partial charge in [0.15, 0.2) is 5.78 Å². The Kier molecular flexibility index (Phi) is 4.40. The average molecular weight is 303 g/mol. The lowest BCUT2D eigenvalue weighted by molar-refractivity contribution is -0.120. The first kappa shape index (κ1) is 14.8. The predicted octanol–water partition coefficient (Wildman–Crippen LogP) is 1.74. The maximum Gasteiger partial charge on any atom is 0.206 e. The van der Waals surface area contributed by atoms with Gasteiger partial charge in [-0.2, -0.15) is 10.1 Å². The number of carbonyl (C=O) groups excluding carboxylic acids is 1. The minimum absolute atomic E-state index is 0.00561. The normalized spacial score (nSPS) is 11.7. The number of ketones is 1. The van der Waals surface area contributed by atoms with Crippen LogP contribution in [0.25, 0.3) is 11.4 Å². The number of tetrazole rings is 1. The summed E-state index contributed by atoms with van der Waals surface area (Å²) in [6.45, 7) is 1.20. The molecule has 7 nitrogen and oxygen atoms in total. The van der Waals surface area contributed by atoms with Gasteiger partial charge < -0.3 is 5.41 Å². The van der Waals surface area contributed by atoms with Crippen LogP contribution >= 0.6 is 11.6 Å². The van der Waals surface area contributed by atoms with E-state index in [1.807, 2.05) is 0 Å². The Morgan fingerprint density at radius 1 is 1.52 bits per heavy atom. The Balaban J connectivity index is 2.18. The first-order valence-corrected chi connectivity index (χ1v) is 6.41. The summed E-state index contributed by atoms with van der Waals surface area (Å²) in [4.78, 5) is 13.0. The van der Waals surface area contributed by atoms with Crippen molar-refractivity contribution in [1.29, 1.82) is 10.7 Å². The number of Topliss-reactive ketones (excluding diaryl/α,β-unsaturated/α-hetero) is 1. The van der Waals surface area contributed by atoms with Gasteiger partial charge in [0.05, 0.1) is 11.1 Å². The summed E-state index contributed by atoms with van der Waals surface area (Å²) >= 11 is 6.03. The molecule has 21 heavy (non-hydrogen) atoms. The van der Waals surface area contributed by atoms with Gasteiger partial charge in [0.2, 0.25) is 5.82 Å². The van der Waals surface area contributed by atoms with Gasteiger partial charge >= 0.3 is 0 Å². The molecule has 106 valence electrons. The molecule has 0 amide bonds. The number of nitriles is 1. The Labute approximate surface area is 125 Å². The van der Waals surface area contributed by atoms with Crippen LogP contribution in [0.2, 0.25) is 5.02 Å². The lowest BCUT2D eigenvalue weighted by atomic mass is 10.0. The number of carbonyl (C=O) groups is 1. The van der Waals surface area contributed by atoms with Crippen molar-refractivity contribution in [2.24, 2.45) is 5.92 Å². The predicted molar refractivity (Wildman–Crippen MR) is 75.8 cm³/mol. The number of nitrogens with zero attached hydrogens (tertiary/aromatic N) is 5. The Morgan fingerprint density at radius 2 is 2.24 bits per heavy atom. The number of benzene rings is 1. The second kappa shape index (κ2) is 6.24. The Morgan fingerprint density at radius 3 is 2.86 bits per heavy atom. The molecule has 0 bridgehead atoms. The van der Waals surface area contributed by atoms with Crippen molar-refractivity contribution in [2.75, 3.05) is 0 Å². The summed E-state index contributed by atoms with van der Waals surface area (Å²) in [5.74, 6) is -1.23. The fraction of sp³-hybridized carbons (Fsp3) is 0.231. The number of rotatable bonds is 5. The summed E-state index contributed by atoms with van der Waals surface area (Å²) < 4.78 is 0. The molecule has 0 saturated carbocycles. The molecule has 1 unspecified atom stereocenters. The summed E-state index contributed by atoms with van der Waals surface area (Å²) in [6, 6.07) is 8.80. The van der Waals surface area contributed by atoms with Gasteiger partial charge in [-0.3, -0.25) is 4.79 Å². The van der Waals surface area contributed by atoms with E-state index in [0.717, 1.165) is 4.80 Å². The molecule has 1 aromatic carbocycles. The zero-order chi connectivity index (χ0) is 15.4. The zero-order valence-electron chi connectivity index (χ0n) is 11.1. The molecular formula is C13H11ClN6O. The van der Waals surface area contributed by atoms with Crippen LogP contribution in [0.4, 0.5) is 0 Å². The number of hydrogen-bond acceptors (Lipinski definition) is 6. The Bertz CT molecular complexity index is 732. The topological polar surface area (TPSA) is 108 Å². The van der Waals surface area contributed by atoms with E-state index in [-0.39, 0.29) is 12.3 Å². The summed E-state index contributed by atoms with van der Waals surface area (Å²) in [5.41, 5.74) is 0.604. The molecule has 0 aliphatic heterocycles. The van der Waals surface area contributed by atoms with Crippen LogP contribution in [0.5, 0.6) is 0 Å². The molecule has 0 aliphatic carbocycles. The van der Waals surface area contributed by atoms with Gasteiger partial charge in [-0.25, -0.2) is 0 Å². The highest BCUT2D eigenvalue weighted by Gasteiger charge is 2.21. The smallest absolute Gasteiger partial charge is 0.206 e. The Hall–Kier alpha value is -2.59. The van der Waals surface area contributed by atoms with Gasteiger partial charge in [-0.1, -0.05) is 23.7 Å². The highest BCUT2D eigenvalue weighted by molar-refractivity contribution is 6.33. The average Bonchev–Trinajstić information content (AvgIpc) is 2.87. The molecule has 0 aliphatic rings. The van der Waals surface area contributed by atoms with E-state index < -0.39 is 11.7 Å². The van der Waals surface area contributed by atoms with Crippen LogP contribution in [0.3, 0.4) is 0 Å². The fourth-order valence-electron chi connectivity index (χ4n) is 1.70. The van der Waals surface area contributed by atoms with E-state index >= 15 is 0 Å². The lowest BCUT2D eigenvalue weighted by Crippen LogP contribution is -2.25. The monoisotopic (exact) mass is 302 g/mol. The molecule has 0 radical (unpaired) electrons. The van der Waals surface area contributed by atoms with Crippen molar-refractivity contribution >= 4 is 23.1 Å². The van der Waals surface area contributed by atoms with E-state index in [0.29, 0.717) is 16.4 Å². The number of halogens is 1. The standard InChI is InChI=1S/C13H11ClN6O/c1-8(16)10(6-15)12(21)7-20-18-13(17-19-20)9-4-2-3-5-11(9)14/h2-5,10,16H,7H2,1H3. The molecule has 1 heterocycles. The van der Waals surface area contributed by atoms with Gasteiger partial charge in [-0.15, -0.1) is 10.2 Å². The van der Waals surface area contributed by atoms with Crippen molar-refractivity contribution in [1.82, 2.24) is 20.2 Å². The first-order chi connectivity index (χ1) is 10.0. The van der Waals surface area contributed by atoms with E-state index in [4.69, 9.17) is 22.3 Å². The van der Waals surface area contributed by atoms with E-state index in [1.165, 1.54) is 6.92 Å². The molecule has 2 rings (SSSR count). The highest BCUT2D eigenvalue weighted by Crippen LogP contribution is 2.23. The van der Waals surface area contributed by atoms with Gasteiger partial charge in [-0.05, 0) is 24.3 Å². The van der Waals surface area contributed by atoms with Crippen molar-refractivity contribution in [3.05, 3.63) is 29.3 Å². The molecular weight excluding hydrogens is 292 g/mol. The summed E-state index contributed by atoms with van der Waals surface area (Å²) in [7, 11) is 0. The largest absolute Gasteiger partial charge is 0.308 e. The van der Waals surface area contributed by atoms with Crippen molar-refractivity contribution in [3.63, 3.8) is 0 Å². The SMILES string of the molecule is CC(=N)C(C#N)C(=O)Cn1nnc(-c2ccccc2Cl)n1. The number of aromatic nitrogens is 4. The van der Waals surface area contributed by atoms with Gasteiger partial charge in [0.1, 0.15) is 12.5 Å². The third kappa shape index (κ3) is 3.30. The maximum atomic E-state index is 11.9. The first-order valence-electron chi connectivity index (χ1n) is 6.03. The molecule has 1 N–H and O–H groups in total. The van der Waals surface area contributed by atoms with Crippen molar-refractivity contribution in [2.45, 2.75) is 13.5 Å². The number of nitrogens with one attached hydrogen (secondary N) is 1. The van der Waals surface area contributed by atoms with Crippen LogP contribution in [-0.4, -0.2) is 31.7 Å². The van der Waals surface area contributed by atoms with Crippen LogP contribution in [0.1, 0.15) is 6.92 Å². The molecule has 0 fully saturated rings. The minimum Gasteiger partial charge on any atom is -0.308 e. The van der Waals surface area contributed by atoms with Gasteiger partial charge in [0.25, 0.3) is 0 Å². The molecule has 0 saturated heterocycles. The van der Waals surface area contributed by atoms with Crippen LogP contribution < -0.4 is 0 Å². The van der Waals surface area contributed by atoms with E-state index in [9.17, 15) is 4.79 Å². The van der Waals surface area contributed by atoms with Crippen LogP contribution in [0, 0.1) is 22.7 Å². The fourth-order valence-corrected chi connectivity index (χ4v) is 1.92. The third-order valence-corrected chi connectivity index (χ3v) is 3.08. The molecule has 0 spiro atoms. The minimum atomic E-state index is -1.08. The summed E-state index contributed by atoms with van der Waals surface area (Å²) in [5, 5.41) is 28.4. The molecule has 2 aromatic rings. The number of hydrogen-bond donors (Lipinski definition) is 1. The van der Waals surface area contributed by atoms with Crippen molar-refractivity contribution in [3.8, 4) is 17.5 Å². The van der Waals surface area contributed by atoms with Crippen LogP contribution in [0.15, 0.2) is 24.3 Å². The quantitative estimate of drug-likeness (QED) is 0.846. The molecule has 1 aromatic heterocycles. The summed E-state index contributed by atoms with van der Waals surface area (Å²) in [6.07, 6.45) is 0. The van der Waals surface area contributed by atoms with E-state index in [1.54, 1.807) is 30.3 Å². The van der Waals surface area contributed by atoms with Crippen molar-refractivity contribution < 1.29 is 4.79 Å². The van der Waals surface area contributed by atoms with Gasteiger partial charge in [0, 0.05) is 11.3 Å². The second-order valence-electron chi connectivity index (χ2n) is 4.33. The maximum absolute atomic E-state index is 11.9. The zero-order valence-corrected chi connectivity index (χ0v) is 11.9. The lowest BCUT2D eigenvalue weighted by Gasteiger charge is -2.04. The van der Waals surface area contributed by atoms with E-state index in [2.05, 4.69) is 15.4 Å². The second-order valence-corrected chi connectivity index (χ2v) is 4.74. The highest BCUT2D eigenvalue weighted by atomic mass is 35.5. The van der Waals surface area contributed by atoms with Crippen LogP contribution in [-0.2, 0) is 11.3 Å². The third-order valence-electron chi connectivity index (χ3n) is 2.75. The molecule has 8 heteroatoms. The molecule has 1 atom stereocenters.